The van der Waals surface area contributed by atoms with E-state index in [-0.39, 0.29) is 11.3 Å². The van der Waals surface area contributed by atoms with Gasteiger partial charge in [-0.15, -0.1) is 0 Å². The summed E-state index contributed by atoms with van der Waals surface area (Å²) in [5.41, 5.74) is 8.60. The Balaban J connectivity index is 0.000000221. The normalized spacial score (nSPS) is 10.0. The fourth-order valence-corrected chi connectivity index (χ4v) is 2.54. The molecule has 0 radical (unpaired) electrons. The lowest BCUT2D eigenvalue weighted by atomic mass is 9.80. The van der Waals surface area contributed by atoms with Crippen LogP contribution in [0.25, 0.3) is 11.1 Å². The third kappa shape index (κ3) is 5.69. The molecule has 5 nitrogen and oxygen atoms in total. The minimum Gasteiger partial charge on any atom is -0.497 e. The Morgan fingerprint density at radius 2 is 1.41 bits per heavy atom. The second kappa shape index (κ2) is 9.91. The maximum atomic E-state index is 13.8. The lowest BCUT2D eigenvalue weighted by molar-refractivity contribution is 0.409. The highest BCUT2D eigenvalue weighted by atomic mass is 19.1. The van der Waals surface area contributed by atoms with Crippen molar-refractivity contribution in [3.05, 3.63) is 71.8 Å². The molecule has 0 aliphatic carbocycles. The molecule has 0 aliphatic rings. The molecule has 3 aromatic carbocycles. The molecule has 0 fully saturated rings. The quantitative estimate of drug-likeness (QED) is 0.463. The van der Waals surface area contributed by atoms with Gasteiger partial charge in [0.25, 0.3) is 0 Å². The molecule has 0 saturated carbocycles. The molecule has 29 heavy (non-hydrogen) atoms. The van der Waals surface area contributed by atoms with Crippen LogP contribution >= 0.6 is 0 Å². The highest BCUT2D eigenvalue weighted by molar-refractivity contribution is 6.58. The number of benzene rings is 3. The van der Waals surface area contributed by atoms with Crippen LogP contribution in [0.15, 0.2) is 54.6 Å². The van der Waals surface area contributed by atoms with Gasteiger partial charge in [-0.05, 0) is 48.4 Å². The van der Waals surface area contributed by atoms with Crippen molar-refractivity contribution >= 4 is 18.3 Å². The Labute approximate surface area is 168 Å². The number of aryl methyl sites for hydroxylation is 1. The van der Waals surface area contributed by atoms with Gasteiger partial charge < -0.3 is 25.3 Å². The molecule has 0 heterocycles. The topological polar surface area (TPSA) is 84.9 Å². The van der Waals surface area contributed by atoms with Crippen molar-refractivity contribution in [1.82, 2.24) is 0 Å². The summed E-state index contributed by atoms with van der Waals surface area (Å²) in [6.45, 7) is 1.90. The molecule has 0 aromatic heterocycles. The van der Waals surface area contributed by atoms with E-state index < -0.39 is 12.9 Å². The minimum atomic E-state index is -1.78. The summed E-state index contributed by atoms with van der Waals surface area (Å²) in [5, 5.41) is 17.3. The number of methoxy groups -OCH3 is 2. The first-order valence-electron chi connectivity index (χ1n) is 8.66. The predicted molar refractivity (Wildman–Crippen MR) is 110 cm³/mol. The van der Waals surface area contributed by atoms with E-state index in [1.54, 1.807) is 18.2 Å². The van der Waals surface area contributed by atoms with Gasteiger partial charge >= 0.3 is 7.12 Å². The number of ether oxygens (including phenoxy) is 2. The third-order valence-electron chi connectivity index (χ3n) is 4.24. The summed E-state index contributed by atoms with van der Waals surface area (Å²) < 4.78 is 36.4. The Morgan fingerprint density at radius 1 is 0.828 bits per heavy atom. The highest BCUT2D eigenvalue weighted by Gasteiger charge is 2.16. The summed E-state index contributed by atoms with van der Waals surface area (Å²) in [6.07, 6.45) is 0. The molecule has 4 N–H and O–H groups in total. The molecule has 0 saturated heterocycles. The van der Waals surface area contributed by atoms with E-state index in [1.165, 1.54) is 32.4 Å². The van der Waals surface area contributed by atoms with E-state index in [0.29, 0.717) is 22.7 Å². The predicted octanol–water partition coefficient (Wildman–Crippen LogP) is 2.91. The lowest BCUT2D eigenvalue weighted by Crippen LogP contribution is -2.32. The summed E-state index contributed by atoms with van der Waals surface area (Å²) >= 11 is 0. The van der Waals surface area contributed by atoms with Gasteiger partial charge in [-0.2, -0.15) is 0 Å². The third-order valence-corrected chi connectivity index (χ3v) is 4.24. The van der Waals surface area contributed by atoms with Crippen LogP contribution in [0.3, 0.4) is 0 Å². The maximum Gasteiger partial charge on any atom is 0.491 e. The molecule has 0 bridgehead atoms. The van der Waals surface area contributed by atoms with Crippen molar-refractivity contribution in [2.75, 3.05) is 20.0 Å². The molecule has 152 valence electrons. The summed E-state index contributed by atoms with van der Waals surface area (Å²) in [5.74, 6) is -0.131. The summed E-state index contributed by atoms with van der Waals surface area (Å²) in [7, 11) is 1.14. The van der Waals surface area contributed by atoms with Crippen LogP contribution in [0.1, 0.15) is 5.56 Å². The van der Waals surface area contributed by atoms with E-state index in [4.69, 9.17) is 25.3 Å². The number of nitrogen functional groups attached to an aromatic ring is 1. The molecule has 8 heteroatoms. The van der Waals surface area contributed by atoms with Gasteiger partial charge in [-0.25, -0.2) is 8.78 Å². The van der Waals surface area contributed by atoms with Crippen molar-refractivity contribution in [1.29, 1.82) is 0 Å². The van der Waals surface area contributed by atoms with E-state index in [2.05, 4.69) is 0 Å². The monoisotopic (exact) mass is 401 g/mol. The largest absolute Gasteiger partial charge is 0.497 e. The van der Waals surface area contributed by atoms with Gasteiger partial charge in [-0.3, -0.25) is 0 Å². The first-order chi connectivity index (χ1) is 13.8. The number of halogens is 2. The van der Waals surface area contributed by atoms with Crippen molar-refractivity contribution in [3.63, 3.8) is 0 Å². The standard InChI is InChI=1S/C14H14FNO.C7H8BFO3/c1-9-7-10(3-6-14(9)16)12-5-4-11(17-2)8-13(12)15;1-12-5-2-3-6(8(10)11)7(9)4-5/h3-8H,16H2,1-2H3;2-4,10-11H,1H3. The van der Waals surface area contributed by atoms with E-state index >= 15 is 0 Å². The molecule has 0 unspecified atom stereocenters. The fraction of sp³-hybridized carbons (Fsp3) is 0.143. The number of nitrogens with two attached hydrogens (primary N) is 1. The Hall–Kier alpha value is -3.10. The van der Waals surface area contributed by atoms with Gasteiger partial charge in [0.15, 0.2) is 0 Å². The van der Waals surface area contributed by atoms with Crippen LogP contribution in [-0.2, 0) is 0 Å². The zero-order valence-electron chi connectivity index (χ0n) is 16.3. The van der Waals surface area contributed by atoms with Crippen LogP contribution in [0.4, 0.5) is 14.5 Å². The average molecular weight is 401 g/mol. The molecular formula is C21H22BF2NO4. The van der Waals surface area contributed by atoms with E-state index in [1.807, 2.05) is 19.1 Å². The molecule has 3 aromatic rings. The van der Waals surface area contributed by atoms with Crippen molar-refractivity contribution < 1.29 is 28.3 Å². The molecule has 0 amide bonds. The van der Waals surface area contributed by atoms with Gasteiger partial charge in [-0.1, -0.05) is 12.1 Å². The summed E-state index contributed by atoms with van der Waals surface area (Å²) in [4.78, 5) is 0. The number of hydrogen-bond acceptors (Lipinski definition) is 5. The van der Waals surface area contributed by atoms with Gasteiger partial charge in [0.05, 0.1) is 14.2 Å². The molecular weight excluding hydrogens is 379 g/mol. The van der Waals surface area contributed by atoms with Crippen LogP contribution in [0.2, 0.25) is 0 Å². The minimum absolute atomic E-state index is 0.157. The zero-order chi connectivity index (χ0) is 21.6. The summed E-state index contributed by atoms with van der Waals surface area (Å²) in [6, 6.07) is 14.1. The van der Waals surface area contributed by atoms with Crippen LogP contribution in [0, 0.1) is 18.6 Å². The van der Waals surface area contributed by atoms with Crippen molar-refractivity contribution in [2.45, 2.75) is 6.92 Å². The van der Waals surface area contributed by atoms with Gasteiger partial charge in [0.1, 0.15) is 23.1 Å². The van der Waals surface area contributed by atoms with Gasteiger partial charge in [0, 0.05) is 28.8 Å². The second-order valence-electron chi connectivity index (χ2n) is 6.18. The van der Waals surface area contributed by atoms with Crippen LogP contribution < -0.4 is 20.7 Å². The Morgan fingerprint density at radius 3 is 1.90 bits per heavy atom. The number of rotatable bonds is 4. The fourth-order valence-electron chi connectivity index (χ4n) is 2.54. The zero-order valence-corrected chi connectivity index (χ0v) is 16.3. The van der Waals surface area contributed by atoms with Gasteiger partial charge in [0.2, 0.25) is 0 Å². The Bertz CT molecular complexity index is 983. The van der Waals surface area contributed by atoms with E-state index in [0.717, 1.165) is 17.2 Å². The second-order valence-corrected chi connectivity index (χ2v) is 6.18. The molecule has 3 rings (SSSR count). The Kier molecular flexibility index (Phi) is 7.58. The number of hydrogen-bond donors (Lipinski definition) is 3. The van der Waals surface area contributed by atoms with Crippen molar-refractivity contribution in [2.24, 2.45) is 0 Å². The van der Waals surface area contributed by atoms with E-state index in [9.17, 15) is 8.78 Å². The first kappa shape index (κ1) is 22.2. The molecule has 0 spiro atoms. The molecule has 0 aliphatic heterocycles. The SMILES string of the molecule is COc1ccc(-c2ccc(N)c(C)c2)c(F)c1.COc1ccc(B(O)O)c(F)c1. The van der Waals surface area contributed by atoms with Crippen molar-refractivity contribution in [3.8, 4) is 22.6 Å². The molecule has 0 atom stereocenters. The average Bonchev–Trinajstić information content (AvgIpc) is 2.70. The lowest BCUT2D eigenvalue weighted by Gasteiger charge is -2.08. The number of anilines is 1. The van der Waals surface area contributed by atoms with Crippen LogP contribution in [-0.4, -0.2) is 31.4 Å². The highest BCUT2D eigenvalue weighted by Crippen LogP contribution is 2.28. The first-order valence-corrected chi connectivity index (χ1v) is 8.66. The van der Waals surface area contributed by atoms with Crippen LogP contribution in [0.5, 0.6) is 11.5 Å². The maximum absolute atomic E-state index is 13.8. The smallest absolute Gasteiger partial charge is 0.491 e.